The first-order valence-electron chi connectivity index (χ1n) is 3.44. The van der Waals surface area contributed by atoms with Crippen molar-refractivity contribution in [3.63, 3.8) is 0 Å². The average Bonchev–Trinajstić information content (AvgIpc) is 2.03. The zero-order chi connectivity index (χ0) is 9.84. The molecular formula is C6H7BO5S. The van der Waals surface area contributed by atoms with Crippen LogP contribution in [-0.2, 0) is 14.9 Å². The first-order chi connectivity index (χ1) is 6.11. The van der Waals surface area contributed by atoms with Gasteiger partial charge >= 0.3 is 7.32 Å². The molecule has 0 amide bonds. The maximum atomic E-state index is 10.6. The van der Waals surface area contributed by atoms with Gasteiger partial charge in [0.05, 0.1) is 0 Å². The van der Waals surface area contributed by atoms with Gasteiger partial charge in [0, 0.05) is 0 Å². The second-order valence-electron chi connectivity index (χ2n) is 2.26. The van der Waals surface area contributed by atoms with Crippen LogP contribution in [0.15, 0.2) is 24.3 Å². The fraction of sp³-hybridized carbons (Fsp3) is 0.167. The molecule has 1 atom stereocenters. The second kappa shape index (κ2) is 4.38. The SMILES string of the molecule is O=S(=O)=C1C=CC=CC1OB(O)O. The van der Waals surface area contributed by atoms with Crippen LogP contribution in [0.4, 0.5) is 0 Å². The van der Waals surface area contributed by atoms with Crippen LogP contribution in [-0.4, -0.2) is 36.8 Å². The van der Waals surface area contributed by atoms with Gasteiger partial charge in [-0.05, 0) is 6.08 Å². The Balaban J connectivity index is 2.91. The van der Waals surface area contributed by atoms with E-state index < -0.39 is 23.7 Å². The molecule has 1 rings (SSSR count). The summed E-state index contributed by atoms with van der Waals surface area (Å²) in [7, 11) is -4.40. The van der Waals surface area contributed by atoms with E-state index in [0.717, 1.165) is 0 Å². The molecule has 0 saturated heterocycles. The van der Waals surface area contributed by atoms with Crippen molar-refractivity contribution in [2.45, 2.75) is 6.10 Å². The first-order valence-corrected chi connectivity index (χ1v) is 4.51. The standard InChI is InChI=1S/C6H7BO5S/c8-7(9)12-5-3-1-2-4-6(5)13(10)11/h1-5,8-9H. The molecule has 0 aromatic carbocycles. The zero-order valence-corrected chi connectivity index (χ0v) is 7.31. The van der Waals surface area contributed by atoms with Gasteiger partial charge < -0.3 is 14.7 Å². The van der Waals surface area contributed by atoms with Crippen molar-refractivity contribution in [1.29, 1.82) is 0 Å². The van der Waals surface area contributed by atoms with E-state index in [2.05, 4.69) is 4.65 Å². The molecular weight excluding hydrogens is 195 g/mol. The van der Waals surface area contributed by atoms with Crippen molar-refractivity contribution in [1.82, 2.24) is 0 Å². The van der Waals surface area contributed by atoms with Crippen LogP contribution in [0.1, 0.15) is 0 Å². The lowest BCUT2D eigenvalue weighted by Crippen LogP contribution is -2.31. The quantitative estimate of drug-likeness (QED) is 0.421. The van der Waals surface area contributed by atoms with Gasteiger partial charge in [-0.1, -0.05) is 18.2 Å². The maximum Gasteiger partial charge on any atom is 0.634 e. The minimum Gasteiger partial charge on any atom is -0.402 e. The molecule has 0 saturated carbocycles. The van der Waals surface area contributed by atoms with Gasteiger partial charge in [-0.15, -0.1) is 0 Å². The van der Waals surface area contributed by atoms with Crippen molar-refractivity contribution >= 4 is 22.5 Å². The number of allylic oxidation sites excluding steroid dienone is 2. The smallest absolute Gasteiger partial charge is 0.402 e. The third-order valence-electron chi connectivity index (χ3n) is 1.40. The topological polar surface area (TPSA) is 83.8 Å². The Morgan fingerprint density at radius 3 is 2.62 bits per heavy atom. The van der Waals surface area contributed by atoms with Crippen molar-refractivity contribution < 1.29 is 23.1 Å². The third-order valence-corrected chi connectivity index (χ3v) is 2.15. The zero-order valence-electron chi connectivity index (χ0n) is 6.49. The van der Waals surface area contributed by atoms with Crippen LogP contribution in [0.5, 0.6) is 0 Å². The molecule has 1 aliphatic carbocycles. The highest BCUT2D eigenvalue weighted by molar-refractivity contribution is 7.73. The Morgan fingerprint density at radius 2 is 2.08 bits per heavy atom. The summed E-state index contributed by atoms with van der Waals surface area (Å²) in [4.78, 5) is -0.0319. The number of rotatable bonds is 2. The third kappa shape index (κ3) is 2.81. The summed E-state index contributed by atoms with van der Waals surface area (Å²) in [6.45, 7) is 0. The highest BCUT2D eigenvalue weighted by Crippen LogP contribution is 2.04. The summed E-state index contributed by atoms with van der Waals surface area (Å²) < 4.78 is 25.7. The van der Waals surface area contributed by atoms with Crippen molar-refractivity contribution in [3.8, 4) is 0 Å². The fourth-order valence-corrected chi connectivity index (χ4v) is 1.41. The molecule has 0 aromatic heterocycles. The maximum absolute atomic E-state index is 10.6. The molecule has 7 heteroatoms. The van der Waals surface area contributed by atoms with Crippen LogP contribution in [0.25, 0.3) is 0 Å². The van der Waals surface area contributed by atoms with Crippen LogP contribution in [0.3, 0.4) is 0 Å². The molecule has 13 heavy (non-hydrogen) atoms. The van der Waals surface area contributed by atoms with E-state index in [1.165, 1.54) is 18.2 Å². The van der Waals surface area contributed by atoms with Gasteiger partial charge in [0.1, 0.15) is 11.0 Å². The Kier molecular flexibility index (Phi) is 3.43. The molecule has 1 unspecified atom stereocenters. The minimum atomic E-state index is -2.42. The molecule has 0 aromatic rings. The van der Waals surface area contributed by atoms with Crippen molar-refractivity contribution in [3.05, 3.63) is 24.3 Å². The van der Waals surface area contributed by atoms with Gasteiger partial charge in [0.25, 0.3) is 0 Å². The van der Waals surface area contributed by atoms with Crippen molar-refractivity contribution in [2.24, 2.45) is 0 Å². The predicted molar refractivity (Wildman–Crippen MR) is 47.3 cm³/mol. The van der Waals surface area contributed by atoms with Crippen LogP contribution in [0.2, 0.25) is 0 Å². The van der Waals surface area contributed by atoms with Crippen LogP contribution in [0, 0.1) is 0 Å². The van der Waals surface area contributed by atoms with Crippen LogP contribution >= 0.6 is 0 Å². The number of hydrogen-bond donors (Lipinski definition) is 2. The molecule has 1 aliphatic rings. The summed E-state index contributed by atoms with van der Waals surface area (Å²) in [6, 6.07) is 0. The van der Waals surface area contributed by atoms with E-state index in [1.54, 1.807) is 6.08 Å². The van der Waals surface area contributed by atoms with Gasteiger partial charge in [-0.25, -0.2) is 0 Å². The predicted octanol–water partition coefficient (Wildman–Crippen LogP) is -1.48. The summed E-state index contributed by atoms with van der Waals surface area (Å²) in [6.07, 6.45) is 4.89. The van der Waals surface area contributed by atoms with E-state index in [9.17, 15) is 8.42 Å². The lowest BCUT2D eigenvalue weighted by atomic mass is 10.1. The molecule has 0 radical (unpaired) electrons. The van der Waals surface area contributed by atoms with Gasteiger partial charge in [0.15, 0.2) is 0 Å². The van der Waals surface area contributed by atoms with E-state index in [0.29, 0.717) is 0 Å². The highest BCUT2D eigenvalue weighted by atomic mass is 32.2. The lowest BCUT2D eigenvalue weighted by Gasteiger charge is -2.13. The molecule has 0 spiro atoms. The average molecular weight is 202 g/mol. The Hall–Kier alpha value is -0.885. The van der Waals surface area contributed by atoms with Gasteiger partial charge in [-0.2, -0.15) is 8.42 Å². The molecule has 2 N–H and O–H groups in total. The summed E-state index contributed by atoms with van der Waals surface area (Å²) in [5.74, 6) is 0. The normalized spacial score (nSPS) is 20.5. The molecule has 0 bridgehead atoms. The Morgan fingerprint density at radius 1 is 1.38 bits per heavy atom. The van der Waals surface area contributed by atoms with E-state index in [-0.39, 0.29) is 4.86 Å². The molecule has 70 valence electrons. The molecule has 0 fully saturated rings. The largest absolute Gasteiger partial charge is 0.634 e. The summed E-state index contributed by atoms with van der Waals surface area (Å²) in [5, 5.41) is 16.9. The summed E-state index contributed by atoms with van der Waals surface area (Å²) in [5.41, 5.74) is 0. The minimum absolute atomic E-state index is 0.0319. The Bertz CT molecular complexity index is 358. The molecule has 5 nitrogen and oxygen atoms in total. The molecule has 0 heterocycles. The highest BCUT2D eigenvalue weighted by Gasteiger charge is 2.21. The molecule has 0 aliphatic heterocycles. The monoisotopic (exact) mass is 202 g/mol. The van der Waals surface area contributed by atoms with Gasteiger partial charge in [-0.3, -0.25) is 0 Å². The van der Waals surface area contributed by atoms with Gasteiger partial charge in [0.2, 0.25) is 10.3 Å². The second-order valence-corrected chi connectivity index (χ2v) is 3.20. The Labute approximate surface area is 76.7 Å². The number of hydrogen-bond acceptors (Lipinski definition) is 5. The van der Waals surface area contributed by atoms with E-state index in [1.807, 2.05) is 0 Å². The van der Waals surface area contributed by atoms with E-state index in [4.69, 9.17) is 10.0 Å². The van der Waals surface area contributed by atoms with E-state index >= 15 is 0 Å². The fourth-order valence-electron chi connectivity index (χ4n) is 0.899. The summed E-state index contributed by atoms with van der Waals surface area (Å²) >= 11 is 0. The lowest BCUT2D eigenvalue weighted by molar-refractivity contribution is 0.182. The first kappa shape index (κ1) is 10.2. The van der Waals surface area contributed by atoms with Crippen LogP contribution < -0.4 is 0 Å². The van der Waals surface area contributed by atoms with Crippen molar-refractivity contribution in [2.75, 3.05) is 0 Å².